The summed E-state index contributed by atoms with van der Waals surface area (Å²) < 4.78 is 34.1. The van der Waals surface area contributed by atoms with E-state index in [4.69, 9.17) is 18.5 Å². The van der Waals surface area contributed by atoms with Crippen LogP contribution in [0.25, 0.3) is 0 Å². The molecule has 0 saturated carbocycles. The molecule has 0 aliphatic carbocycles. The van der Waals surface area contributed by atoms with Crippen LogP contribution >= 0.6 is 7.82 Å². The Labute approximate surface area is 353 Å². The molecule has 0 heterocycles. The van der Waals surface area contributed by atoms with Gasteiger partial charge in [0.2, 0.25) is 0 Å². The molecule has 0 amide bonds. The maximum atomic E-state index is 12.7. The predicted octanol–water partition coefficient (Wildman–Crippen LogP) is 12.6. The Morgan fingerprint density at radius 3 is 1.38 bits per heavy atom. The first-order valence-electron chi connectivity index (χ1n) is 22.0. The molecule has 0 fully saturated rings. The largest absolute Gasteiger partial charge is 0.472 e. The zero-order chi connectivity index (χ0) is 42.8. The van der Waals surface area contributed by atoms with E-state index >= 15 is 0 Å². The Morgan fingerprint density at radius 2 is 0.948 bits per heavy atom. The summed E-state index contributed by atoms with van der Waals surface area (Å²) in [5.41, 5.74) is 0. The number of allylic oxidation sites excluding steroid dienone is 16. The molecule has 0 radical (unpaired) electrons. The number of carbonyl (C=O) groups is 2. The summed E-state index contributed by atoms with van der Waals surface area (Å²) in [6.07, 6.45) is 51.9. The van der Waals surface area contributed by atoms with E-state index in [0.29, 0.717) is 23.9 Å². The van der Waals surface area contributed by atoms with Crippen molar-refractivity contribution in [2.75, 3.05) is 47.5 Å². The maximum absolute atomic E-state index is 12.7. The van der Waals surface area contributed by atoms with Gasteiger partial charge in [-0.3, -0.25) is 18.6 Å². The van der Waals surface area contributed by atoms with Crippen molar-refractivity contribution < 1.29 is 42.1 Å². The molecule has 0 aliphatic rings. The van der Waals surface area contributed by atoms with Crippen LogP contribution in [0.4, 0.5) is 0 Å². The number of unbranched alkanes of at least 4 members (excludes halogenated alkanes) is 8. The minimum absolute atomic E-state index is 0.00680. The number of likely N-dealkylation sites (N-methyl/N-ethyl adjacent to an activating group) is 1. The van der Waals surface area contributed by atoms with E-state index in [9.17, 15) is 19.0 Å². The van der Waals surface area contributed by atoms with Crippen molar-refractivity contribution in [3.63, 3.8) is 0 Å². The van der Waals surface area contributed by atoms with Gasteiger partial charge in [-0.25, -0.2) is 4.57 Å². The van der Waals surface area contributed by atoms with Crippen LogP contribution in [0.2, 0.25) is 0 Å². The van der Waals surface area contributed by atoms with Crippen LogP contribution in [-0.4, -0.2) is 74.9 Å². The van der Waals surface area contributed by atoms with Gasteiger partial charge in [-0.2, -0.15) is 0 Å². The quantitative estimate of drug-likeness (QED) is 0.0215. The fourth-order valence-electron chi connectivity index (χ4n) is 5.12. The molecule has 9 nitrogen and oxygen atoms in total. The van der Waals surface area contributed by atoms with E-state index in [1.807, 2.05) is 33.3 Å². The summed E-state index contributed by atoms with van der Waals surface area (Å²) in [5.74, 6) is -0.951. The number of hydrogen-bond acceptors (Lipinski definition) is 7. The van der Waals surface area contributed by atoms with Gasteiger partial charge in [0.25, 0.3) is 0 Å². The lowest BCUT2D eigenvalue weighted by atomic mass is 10.1. The van der Waals surface area contributed by atoms with E-state index in [2.05, 4.69) is 98.9 Å². The van der Waals surface area contributed by atoms with Crippen LogP contribution in [0.1, 0.15) is 142 Å². The summed E-state index contributed by atoms with van der Waals surface area (Å²) in [4.78, 5) is 35.3. The number of rotatable bonds is 38. The van der Waals surface area contributed by atoms with Crippen molar-refractivity contribution in [3.8, 4) is 0 Å². The number of ether oxygens (including phenoxy) is 2. The van der Waals surface area contributed by atoms with Crippen LogP contribution in [0.5, 0.6) is 0 Å². The highest BCUT2D eigenvalue weighted by Crippen LogP contribution is 2.43. The molecule has 1 N–H and O–H groups in total. The van der Waals surface area contributed by atoms with Gasteiger partial charge in [0.1, 0.15) is 19.8 Å². The first-order valence-corrected chi connectivity index (χ1v) is 23.5. The minimum atomic E-state index is -4.41. The van der Waals surface area contributed by atoms with Crippen molar-refractivity contribution in [3.05, 3.63) is 97.2 Å². The number of quaternary nitrogens is 1. The highest BCUT2D eigenvalue weighted by atomic mass is 31.2. The summed E-state index contributed by atoms with van der Waals surface area (Å²) in [5, 5.41) is 0. The third kappa shape index (κ3) is 42.5. The van der Waals surface area contributed by atoms with Crippen LogP contribution in [0.3, 0.4) is 0 Å². The van der Waals surface area contributed by atoms with Gasteiger partial charge in [-0.15, -0.1) is 0 Å². The van der Waals surface area contributed by atoms with Crippen LogP contribution in [0, 0.1) is 0 Å². The summed E-state index contributed by atoms with van der Waals surface area (Å²) in [6, 6.07) is 0. The van der Waals surface area contributed by atoms with Crippen molar-refractivity contribution in [2.24, 2.45) is 0 Å². The van der Waals surface area contributed by atoms with E-state index in [1.54, 1.807) is 0 Å². The lowest BCUT2D eigenvalue weighted by Crippen LogP contribution is -2.37. The summed E-state index contributed by atoms with van der Waals surface area (Å²) >= 11 is 0. The average Bonchev–Trinajstić information content (AvgIpc) is 3.17. The van der Waals surface area contributed by atoms with Crippen molar-refractivity contribution in [2.45, 2.75) is 148 Å². The van der Waals surface area contributed by atoms with Gasteiger partial charge in [-0.05, 0) is 89.9 Å². The van der Waals surface area contributed by atoms with Gasteiger partial charge in [0, 0.05) is 12.8 Å². The molecule has 0 aromatic rings. The molecule has 330 valence electrons. The molecular formula is C48H81NO8P+. The lowest BCUT2D eigenvalue weighted by molar-refractivity contribution is -0.870. The zero-order valence-electron chi connectivity index (χ0n) is 37.0. The molecule has 0 aromatic carbocycles. The van der Waals surface area contributed by atoms with E-state index in [1.165, 1.54) is 44.9 Å². The smallest absolute Gasteiger partial charge is 0.462 e. The average molecular weight is 831 g/mol. The molecule has 0 saturated heterocycles. The molecule has 0 spiro atoms. The van der Waals surface area contributed by atoms with Gasteiger partial charge in [0.15, 0.2) is 6.10 Å². The van der Waals surface area contributed by atoms with E-state index < -0.39 is 32.5 Å². The van der Waals surface area contributed by atoms with E-state index in [0.717, 1.165) is 57.8 Å². The van der Waals surface area contributed by atoms with Gasteiger partial charge in [0.05, 0.1) is 27.7 Å². The van der Waals surface area contributed by atoms with Crippen LogP contribution in [-0.2, 0) is 32.7 Å². The number of phosphoric ester groups is 1. The number of carbonyl (C=O) groups excluding carboxylic acids is 2. The fraction of sp³-hybridized carbons (Fsp3) is 0.625. The molecule has 58 heavy (non-hydrogen) atoms. The Hall–Kier alpha value is -3.07. The second kappa shape index (κ2) is 39.4. The Balaban J connectivity index is 4.58. The highest BCUT2D eigenvalue weighted by molar-refractivity contribution is 7.47. The van der Waals surface area contributed by atoms with Gasteiger partial charge in [-0.1, -0.05) is 137 Å². The highest BCUT2D eigenvalue weighted by Gasteiger charge is 2.27. The Kier molecular flexibility index (Phi) is 37.3. The molecule has 0 aromatic heterocycles. The summed E-state index contributed by atoms with van der Waals surface area (Å²) in [6.45, 7) is 4.20. The SMILES string of the molecule is CCCCC/C=C/C/C=C/C/C=C/C/C=C/C/C=C/CCC(=O)O[C@H](COC(=O)CCCC/C=C/C/C=C/C/C=C/CCCCC)COP(=O)(O)OCC[N+](C)(C)C. The second-order valence-corrected chi connectivity index (χ2v) is 16.8. The predicted molar refractivity (Wildman–Crippen MR) is 242 cm³/mol. The monoisotopic (exact) mass is 831 g/mol. The molecular weight excluding hydrogens is 750 g/mol. The number of phosphoric acid groups is 1. The molecule has 0 aliphatic heterocycles. The third-order valence-electron chi connectivity index (χ3n) is 8.60. The van der Waals surface area contributed by atoms with Gasteiger partial charge < -0.3 is 18.9 Å². The van der Waals surface area contributed by atoms with Crippen molar-refractivity contribution >= 4 is 19.8 Å². The third-order valence-corrected chi connectivity index (χ3v) is 9.58. The molecule has 0 rings (SSSR count). The zero-order valence-corrected chi connectivity index (χ0v) is 37.9. The standard InChI is InChI=1S/C48H80NO8P/c1-6-8-10-12-14-16-18-20-22-23-24-25-27-29-31-33-35-37-39-41-48(51)57-46(45-56-58(52,53)55-43-42-49(3,4)5)44-54-47(50)40-38-36-34-32-30-28-26-21-19-17-15-13-11-9-7-2/h14-17,20-22,24-26,29-32,35,37,46H,6-13,18-19,23,27-28,33-34,36,38-45H2,1-5H3/p+1/b16-14+,17-15+,22-20+,25-24+,26-21+,31-29+,32-30+,37-35+/t46-/m1/s1. The van der Waals surface area contributed by atoms with E-state index in [-0.39, 0.29) is 26.1 Å². The summed E-state index contributed by atoms with van der Waals surface area (Å²) in [7, 11) is 1.39. The molecule has 0 bridgehead atoms. The minimum Gasteiger partial charge on any atom is -0.462 e. The lowest BCUT2D eigenvalue weighted by Gasteiger charge is -2.24. The topological polar surface area (TPSA) is 108 Å². The maximum Gasteiger partial charge on any atom is 0.472 e. The fourth-order valence-corrected chi connectivity index (χ4v) is 5.86. The molecule has 10 heteroatoms. The van der Waals surface area contributed by atoms with Crippen LogP contribution in [0.15, 0.2) is 97.2 Å². The number of nitrogens with zero attached hydrogens (tertiary/aromatic N) is 1. The number of hydrogen-bond donors (Lipinski definition) is 1. The molecule has 2 atom stereocenters. The Morgan fingerprint density at radius 1 is 0.534 bits per heavy atom. The van der Waals surface area contributed by atoms with Crippen molar-refractivity contribution in [1.29, 1.82) is 0 Å². The first kappa shape index (κ1) is 54.9. The first-order chi connectivity index (χ1) is 28.0. The van der Waals surface area contributed by atoms with Crippen molar-refractivity contribution in [1.82, 2.24) is 0 Å². The Bertz CT molecular complexity index is 1300. The normalized spacial score (nSPS) is 14.5. The van der Waals surface area contributed by atoms with Gasteiger partial charge >= 0.3 is 19.8 Å². The number of esters is 2. The van der Waals surface area contributed by atoms with Crippen LogP contribution < -0.4 is 0 Å². The molecule has 1 unspecified atom stereocenters. The second-order valence-electron chi connectivity index (χ2n) is 15.4.